The van der Waals surface area contributed by atoms with Crippen molar-refractivity contribution in [1.82, 2.24) is 0 Å². The predicted molar refractivity (Wildman–Crippen MR) is 67.2 cm³/mol. The average molecular weight is 238 g/mol. The van der Waals surface area contributed by atoms with Crippen LogP contribution in [0.15, 0.2) is 18.2 Å². The van der Waals surface area contributed by atoms with Crippen LogP contribution in [-0.4, -0.2) is 22.7 Å². The summed E-state index contributed by atoms with van der Waals surface area (Å²) < 4.78 is 0. The van der Waals surface area contributed by atoms with E-state index in [2.05, 4.69) is 5.32 Å². The third kappa shape index (κ3) is 4.03. The normalized spacial score (nSPS) is 12.2. The van der Waals surface area contributed by atoms with E-state index in [9.17, 15) is 15.2 Å². The first-order chi connectivity index (χ1) is 8.04. The number of nitro groups is 1. The molecule has 17 heavy (non-hydrogen) atoms. The lowest BCUT2D eigenvalue weighted by Gasteiger charge is -2.12. The van der Waals surface area contributed by atoms with E-state index in [4.69, 9.17) is 0 Å². The second-order valence-electron chi connectivity index (χ2n) is 4.08. The highest BCUT2D eigenvalue weighted by molar-refractivity contribution is 5.53. The van der Waals surface area contributed by atoms with Gasteiger partial charge in [-0.2, -0.15) is 0 Å². The van der Waals surface area contributed by atoms with Crippen molar-refractivity contribution >= 4 is 11.4 Å². The molecule has 1 aromatic carbocycles. The molecule has 0 aliphatic carbocycles. The number of aliphatic hydroxyl groups is 1. The van der Waals surface area contributed by atoms with Gasteiger partial charge in [0.2, 0.25) is 0 Å². The lowest BCUT2D eigenvalue weighted by molar-refractivity contribution is -0.385. The Bertz CT molecular complexity index is 393. The van der Waals surface area contributed by atoms with Gasteiger partial charge in [0.1, 0.15) is 0 Å². The molecule has 0 amide bonds. The summed E-state index contributed by atoms with van der Waals surface area (Å²) in [5.41, 5.74) is 1.53. The Morgan fingerprint density at radius 1 is 1.53 bits per heavy atom. The van der Waals surface area contributed by atoms with Crippen LogP contribution in [0.3, 0.4) is 0 Å². The fraction of sp³-hybridized carbons (Fsp3) is 0.500. The van der Waals surface area contributed by atoms with Crippen LogP contribution >= 0.6 is 0 Å². The van der Waals surface area contributed by atoms with Crippen molar-refractivity contribution in [3.63, 3.8) is 0 Å². The summed E-state index contributed by atoms with van der Waals surface area (Å²) in [5, 5.41) is 23.2. The monoisotopic (exact) mass is 238 g/mol. The van der Waals surface area contributed by atoms with E-state index in [1.807, 2.05) is 6.92 Å². The predicted octanol–water partition coefficient (Wildman–Crippen LogP) is 2.48. The van der Waals surface area contributed by atoms with E-state index in [0.29, 0.717) is 12.1 Å². The number of aliphatic hydroxyl groups excluding tert-OH is 1. The number of anilines is 1. The summed E-state index contributed by atoms with van der Waals surface area (Å²) in [7, 11) is 0. The molecule has 0 aromatic heterocycles. The zero-order valence-electron chi connectivity index (χ0n) is 10.1. The zero-order chi connectivity index (χ0) is 12.8. The number of nitro benzene ring substituents is 1. The largest absolute Gasteiger partial charge is 0.391 e. The molecule has 1 unspecified atom stereocenters. The van der Waals surface area contributed by atoms with E-state index in [-0.39, 0.29) is 11.8 Å². The number of nitrogens with one attached hydrogen (secondary N) is 1. The first kappa shape index (κ1) is 13.4. The molecular formula is C12H18N2O3. The third-order valence-electron chi connectivity index (χ3n) is 2.56. The first-order valence-electron chi connectivity index (χ1n) is 5.71. The number of rotatable bonds is 6. The maximum absolute atomic E-state index is 10.6. The molecule has 2 N–H and O–H groups in total. The lowest BCUT2D eigenvalue weighted by Crippen LogP contribution is -2.19. The standard InChI is InChI=1S/C12H18N2O3/c1-3-4-11(15)8-13-10-5-6-12(14(16)17)9(2)7-10/h5-7,11,13,15H,3-4,8H2,1-2H3. The Kier molecular flexibility index (Phi) is 4.90. The summed E-state index contributed by atoms with van der Waals surface area (Å²) >= 11 is 0. The summed E-state index contributed by atoms with van der Waals surface area (Å²) in [6, 6.07) is 4.85. The molecular weight excluding hydrogens is 220 g/mol. The van der Waals surface area contributed by atoms with E-state index in [1.165, 1.54) is 6.07 Å². The smallest absolute Gasteiger partial charge is 0.272 e. The summed E-state index contributed by atoms with van der Waals surface area (Å²) in [6.45, 7) is 4.18. The maximum Gasteiger partial charge on any atom is 0.272 e. The van der Waals surface area contributed by atoms with Gasteiger partial charge in [0, 0.05) is 23.9 Å². The van der Waals surface area contributed by atoms with Crippen molar-refractivity contribution < 1.29 is 10.0 Å². The molecule has 0 fully saturated rings. The minimum atomic E-state index is -0.398. The van der Waals surface area contributed by atoms with Gasteiger partial charge in [0.15, 0.2) is 0 Å². The highest BCUT2D eigenvalue weighted by Gasteiger charge is 2.10. The Morgan fingerprint density at radius 3 is 2.76 bits per heavy atom. The number of aryl methyl sites for hydroxylation is 1. The lowest BCUT2D eigenvalue weighted by atomic mass is 10.1. The van der Waals surface area contributed by atoms with Gasteiger partial charge in [-0.1, -0.05) is 13.3 Å². The molecule has 0 bridgehead atoms. The maximum atomic E-state index is 10.6. The molecule has 5 nitrogen and oxygen atoms in total. The first-order valence-corrected chi connectivity index (χ1v) is 5.71. The van der Waals surface area contributed by atoms with Crippen LogP contribution in [0.4, 0.5) is 11.4 Å². The van der Waals surface area contributed by atoms with Crippen molar-refractivity contribution in [1.29, 1.82) is 0 Å². The van der Waals surface area contributed by atoms with Crippen LogP contribution in [0.1, 0.15) is 25.3 Å². The van der Waals surface area contributed by atoms with Crippen LogP contribution in [0.2, 0.25) is 0 Å². The molecule has 0 aliphatic rings. The highest BCUT2D eigenvalue weighted by Crippen LogP contribution is 2.21. The quantitative estimate of drug-likeness (QED) is 0.589. The summed E-state index contributed by atoms with van der Waals surface area (Å²) in [4.78, 5) is 10.2. The minimum absolute atomic E-state index is 0.115. The Hall–Kier alpha value is -1.62. The number of benzene rings is 1. The Morgan fingerprint density at radius 2 is 2.24 bits per heavy atom. The fourth-order valence-corrected chi connectivity index (χ4v) is 1.64. The van der Waals surface area contributed by atoms with Crippen LogP contribution in [0.5, 0.6) is 0 Å². The molecule has 1 atom stereocenters. The van der Waals surface area contributed by atoms with Crippen molar-refractivity contribution in [3.8, 4) is 0 Å². The fourth-order valence-electron chi connectivity index (χ4n) is 1.64. The minimum Gasteiger partial charge on any atom is -0.391 e. The second-order valence-corrected chi connectivity index (χ2v) is 4.08. The van der Waals surface area contributed by atoms with Crippen LogP contribution in [0, 0.1) is 17.0 Å². The van der Waals surface area contributed by atoms with Gasteiger partial charge in [0.05, 0.1) is 11.0 Å². The number of hydrogen-bond acceptors (Lipinski definition) is 4. The van der Waals surface area contributed by atoms with Gasteiger partial charge < -0.3 is 10.4 Å². The van der Waals surface area contributed by atoms with Crippen LogP contribution in [-0.2, 0) is 0 Å². The number of hydrogen-bond donors (Lipinski definition) is 2. The number of nitrogens with zero attached hydrogens (tertiary/aromatic N) is 1. The second kappa shape index (κ2) is 6.20. The molecule has 94 valence electrons. The zero-order valence-corrected chi connectivity index (χ0v) is 10.1. The van der Waals surface area contributed by atoms with Gasteiger partial charge >= 0.3 is 0 Å². The molecule has 0 saturated heterocycles. The molecule has 1 aromatic rings. The van der Waals surface area contributed by atoms with Gasteiger partial charge in [0.25, 0.3) is 5.69 Å². The molecule has 1 rings (SSSR count). The molecule has 0 heterocycles. The molecule has 5 heteroatoms. The molecule has 0 aliphatic heterocycles. The van der Waals surface area contributed by atoms with E-state index in [0.717, 1.165) is 18.5 Å². The topological polar surface area (TPSA) is 75.4 Å². The van der Waals surface area contributed by atoms with Gasteiger partial charge in [-0.05, 0) is 25.5 Å². The molecule has 0 spiro atoms. The molecule has 0 radical (unpaired) electrons. The van der Waals surface area contributed by atoms with Crippen molar-refractivity contribution in [2.75, 3.05) is 11.9 Å². The Labute approximate surface area is 101 Å². The highest BCUT2D eigenvalue weighted by atomic mass is 16.6. The summed E-state index contributed by atoms with van der Waals surface area (Å²) in [6.07, 6.45) is 1.30. The van der Waals surface area contributed by atoms with Crippen molar-refractivity contribution in [3.05, 3.63) is 33.9 Å². The summed E-state index contributed by atoms with van der Waals surface area (Å²) in [5.74, 6) is 0. The van der Waals surface area contributed by atoms with Crippen molar-refractivity contribution in [2.45, 2.75) is 32.8 Å². The van der Waals surface area contributed by atoms with E-state index in [1.54, 1.807) is 19.1 Å². The SMILES string of the molecule is CCCC(O)CNc1ccc([N+](=O)[O-])c(C)c1. The van der Waals surface area contributed by atoms with Gasteiger partial charge in [-0.25, -0.2) is 0 Å². The van der Waals surface area contributed by atoms with E-state index < -0.39 is 4.92 Å². The van der Waals surface area contributed by atoms with Crippen molar-refractivity contribution in [2.24, 2.45) is 0 Å². The van der Waals surface area contributed by atoms with E-state index >= 15 is 0 Å². The van der Waals surface area contributed by atoms with Gasteiger partial charge in [-0.3, -0.25) is 10.1 Å². The van der Waals surface area contributed by atoms with Crippen LogP contribution < -0.4 is 5.32 Å². The third-order valence-corrected chi connectivity index (χ3v) is 2.56. The molecule has 0 saturated carbocycles. The van der Waals surface area contributed by atoms with Crippen LogP contribution in [0.25, 0.3) is 0 Å². The average Bonchev–Trinajstić information content (AvgIpc) is 2.26. The Balaban J connectivity index is 2.62. The van der Waals surface area contributed by atoms with Gasteiger partial charge in [-0.15, -0.1) is 0 Å².